The van der Waals surface area contributed by atoms with E-state index in [0.29, 0.717) is 5.69 Å². The van der Waals surface area contributed by atoms with Gasteiger partial charge in [-0.25, -0.2) is 4.98 Å². The Morgan fingerprint density at radius 3 is 2.95 bits per heavy atom. The van der Waals surface area contributed by atoms with Crippen LogP contribution in [0, 0.1) is 6.92 Å². The summed E-state index contributed by atoms with van der Waals surface area (Å²) in [5.74, 6) is 0. The molecule has 2 aliphatic heterocycles. The van der Waals surface area contributed by atoms with E-state index in [1.807, 2.05) is 6.92 Å². The zero-order chi connectivity index (χ0) is 15.2. The third-order valence-corrected chi connectivity index (χ3v) is 4.34. The average molecular weight is 317 g/mol. The summed E-state index contributed by atoms with van der Waals surface area (Å²) in [6.07, 6.45) is -1.65. The van der Waals surface area contributed by atoms with Gasteiger partial charge in [0.25, 0.3) is 0 Å². The van der Waals surface area contributed by atoms with Gasteiger partial charge in [0.1, 0.15) is 23.9 Å². The van der Waals surface area contributed by atoms with Crippen LogP contribution in [0.5, 0.6) is 0 Å². The Morgan fingerprint density at radius 1 is 1.52 bits per heavy atom. The highest BCUT2D eigenvalue weighted by atomic mass is 35.5. The molecule has 1 aromatic rings. The number of anilines is 1. The maximum atomic E-state index is 10.3. The molecule has 0 aliphatic carbocycles. The van der Waals surface area contributed by atoms with Crippen LogP contribution in [0.15, 0.2) is 12.3 Å². The van der Waals surface area contributed by atoms with Crippen LogP contribution < -0.4 is 5.32 Å². The quantitative estimate of drug-likeness (QED) is 0.566. The molecule has 0 saturated carbocycles. The summed E-state index contributed by atoms with van der Waals surface area (Å²) >= 11 is 6.05. The van der Waals surface area contributed by atoms with Gasteiger partial charge in [-0.2, -0.15) is 0 Å². The topological polar surface area (TPSA) is 104 Å². The van der Waals surface area contributed by atoms with Gasteiger partial charge in [0, 0.05) is 6.20 Å². The first-order valence-corrected chi connectivity index (χ1v) is 7.00. The molecule has 2 saturated heterocycles. The number of pyridine rings is 1. The number of aromatic nitrogens is 1. The molecular weight excluding hydrogens is 300 g/mol. The van der Waals surface area contributed by atoms with Crippen molar-refractivity contribution in [1.29, 1.82) is 0 Å². The van der Waals surface area contributed by atoms with Gasteiger partial charge in [-0.1, -0.05) is 11.6 Å². The number of aryl methyl sites for hydroxylation is 1. The van der Waals surface area contributed by atoms with Gasteiger partial charge in [0.15, 0.2) is 11.4 Å². The number of nitrogens with zero attached hydrogens (tertiary/aromatic N) is 1. The van der Waals surface area contributed by atoms with Crippen molar-refractivity contribution in [3.8, 4) is 0 Å². The zero-order valence-corrected chi connectivity index (χ0v) is 12.1. The Balaban J connectivity index is 1.87. The third-order valence-electron chi connectivity index (χ3n) is 4.06. The van der Waals surface area contributed by atoms with E-state index in [0.717, 1.165) is 5.56 Å². The van der Waals surface area contributed by atoms with E-state index < -0.39 is 36.7 Å². The summed E-state index contributed by atoms with van der Waals surface area (Å²) in [5.41, 5.74) is 0.121. The molecule has 7 nitrogen and oxygen atoms in total. The van der Waals surface area contributed by atoms with Gasteiger partial charge in [0.2, 0.25) is 0 Å². The monoisotopic (exact) mass is 316 g/mol. The van der Waals surface area contributed by atoms with Crippen LogP contribution in [-0.4, -0.2) is 63.7 Å². The van der Waals surface area contributed by atoms with Crippen molar-refractivity contribution in [3.63, 3.8) is 0 Å². The first-order valence-electron chi connectivity index (χ1n) is 6.62. The van der Waals surface area contributed by atoms with Crippen molar-refractivity contribution >= 4 is 17.3 Å². The minimum atomic E-state index is -1.27. The fraction of sp³-hybridized carbons (Fsp3) is 0.615. The summed E-state index contributed by atoms with van der Waals surface area (Å²) < 4.78 is 11.0. The van der Waals surface area contributed by atoms with E-state index in [-0.39, 0.29) is 11.8 Å². The van der Waals surface area contributed by atoms with Crippen LogP contribution >= 0.6 is 11.6 Å². The van der Waals surface area contributed by atoms with Gasteiger partial charge >= 0.3 is 0 Å². The Bertz CT molecular complexity index is 525. The smallest absolute Gasteiger partial charge is 0.181 e. The first-order chi connectivity index (χ1) is 9.98. The van der Waals surface area contributed by atoms with E-state index in [9.17, 15) is 15.3 Å². The lowest BCUT2D eigenvalue weighted by Crippen LogP contribution is -2.64. The molecule has 0 aromatic carbocycles. The summed E-state index contributed by atoms with van der Waals surface area (Å²) in [6.45, 7) is 1.43. The average Bonchev–Trinajstić information content (AvgIpc) is 2.87. The summed E-state index contributed by atoms with van der Waals surface area (Å²) in [6, 6.07) is 1.05. The number of nitrogens with one attached hydrogen (secondary N) is 1. The van der Waals surface area contributed by atoms with Crippen molar-refractivity contribution in [3.05, 3.63) is 23.0 Å². The van der Waals surface area contributed by atoms with Crippen molar-refractivity contribution in [2.24, 2.45) is 0 Å². The molecule has 1 aromatic heterocycles. The maximum Gasteiger partial charge on any atom is 0.181 e. The second-order valence-electron chi connectivity index (χ2n) is 5.42. The molecule has 3 heterocycles. The third kappa shape index (κ3) is 2.30. The largest absolute Gasteiger partial charge is 0.393 e. The Kier molecular flexibility index (Phi) is 3.81. The fourth-order valence-corrected chi connectivity index (χ4v) is 2.98. The molecule has 0 amide bonds. The van der Waals surface area contributed by atoms with Gasteiger partial charge < -0.3 is 30.1 Å². The molecule has 2 bridgehead atoms. The highest BCUT2D eigenvalue weighted by Crippen LogP contribution is 2.38. The van der Waals surface area contributed by atoms with E-state index in [1.165, 1.54) is 0 Å². The predicted molar refractivity (Wildman–Crippen MR) is 74.1 cm³/mol. The molecular formula is C13H17ClN2O5. The molecule has 116 valence electrons. The fourth-order valence-electron chi connectivity index (χ4n) is 2.72. The molecule has 3 rings (SSSR count). The molecule has 0 spiro atoms. The molecule has 4 N–H and O–H groups in total. The minimum absolute atomic E-state index is 0.0182. The Morgan fingerprint density at radius 2 is 2.29 bits per heavy atom. The number of hydrogen-bond acceptors (Lipinski definition) is 7. The second kappa shape index (κ2) is 5.35. The normalized spacial score (nSPS) is 38.5. The van der Waals surface area contributed by atoms with Crippen LogP contribution in [0.3, 0.4) is 0 Å². The molecule has 5 atom stereocenters. The van der Waals surface area contributed by atoms with Crippen LogP contribution in [0.1, 0.15) is 5.56 Å². The van der Waals surface area contributed by atoms with E-state index in [1.54, 1.807) is 12.3 Å². The molecule has 0 unspecified atom stereocenters. The van der Waals surface area contributed by atoms with Gasteiger partial charge in [0.05, 0.1) is 18.9 Å². The highest BCUT2D eigenvalue weighted by Gasteiger charge is 2.59. The van der Waals surface area contributed by atoms with Crippen molar-refractivity contribution in [2.75, 3.05) is 18.5 Å². The molecule has 8 heteroatoms. The lowest BCUT2D eigenvalue weighted by Gasteiger charge is -2.42. The summed E-state index contributed by atoms with van der Waals surface area (Å²) in [7, 11) is 0. The molecule has 2 aliphatic rings. The van der Waals surface area contributed by atoms with E-state index >= 15 is 0 Å². The number of halogens is 1. The van der Waals surface area contributed by atoms with Gasteiger partial charge in [-0.3, -0.25) is 0 Å². The minimum Gasteiger partial charge on any atom is -0.393 e. The number of ether oxygens (including phenoxy) is 2. The number of aliphatic hydroxyl groups excluding tert-OH is 3. The molecule has 21 heavy (non-hydrogen) atoms. The Hall–Kier alpha value is -0.960. The van der Waals surface area contributed by atoms with E-state index in [4.69, 9.17) is 21.1 Å². The SMILES string of the molecule is Cc1ccnc(Cl)c1N[C@H]1[C@H]2OC[C@](CO)(O2)[C@H](O)[C@@H]1O. The lowest BCUT2D eigenvalue weighted by molar-refractivity contribution is -0.224. The van der Waals surface area contributed by atoms with Crippen LogP contribution in [0.4, 0.5) is 5.69 Å². The van der Waals surface area contributed by atoms with E-state index in [2.05, 4.69) is 10.3 Å². The maximum absolute atomic E-state index is 10.3. The molecule has 2 fully saturated rings. The second-order valence-corrected chi connectivity index (χ2v) is 5.78. The first kappa shape index (κ1) is 15.0. The lowest BCUT2D eigenvalue weighted by atomic mass is 9.88. The summed E-state index contributed by atoms with van der Waals surface area (Å²) in [4.78, 5) is 3.98. The van der Waals surface area contributed by atoms with Crippen LogP contribution in [-0.2, 0) is 9.47 Å². The van der Waals surface area contributed by atoms with Crippen molar-refractivity contribution < 1.29 is 24.8 Å². The predicted octanol–water partition coefficient (Wildman–Crippen LogP) is -0.337. The van der Waals surface area contributed by atoms with Gasteiger partial charge in [-0.05, 0) is 18.6 Å². The number of aliphatic hydroxyl groups is 3. The van der Waals surface area contributed by atoms with Crippen LogP contribution in [0.25, 0.3) is 0 Å². The molecule has 0 radical (unpaired) electrons. The summed E-state index contributed by atoms with van der Waals surface area (Å²) in [5, 5.41) is 33.2. The Labute approximate surface area is 126 Å². The van der Waals surface area contributed by atoms with Crippen molar-refractivity contribution in [2.45, 2.75) is 37.1 Å². The van der Waals surface area contributed by atoms with Crippen LogP contribution in [0.2, 0.25) is 5.15 Å². The van der Waals surface area contributed by atoms with Gasteiger partial charge in [-0.15, -0.1) is 0 Å². The number of hydrogen-bond donors (Lipinski definition) is 4. The zero-order valence-electron chi connectivity index (χ0n) is 11.4. The number of rotatable bonds is 3. The standard InChI is InChI=1S/C13H17ClN2O5/c1-6-2-3-15-11(14)7(6)16-8-9(18)10(19)13(4-17)5-20-12(8)21-13/h2-3,8-10,12,16-19H,4-5H2,1H3/t8-,9-,10-,12+,13+/m1/s1. The number of fused-ring (bicyclic) bond motifs is 2. The highest BCUT2D eigenvalue weighted by molar-refractivity contribution is 6.32. The van der Waals surface area contributed by atoms with Crippen molar-refractivity contribution in [1.82, 2.24) is 4.98 Å².